The van der Waals surface area contributed by atoms with Crippen molar-refractivity contribution < 1.29 is 22.0 Å². The lowest BCUT2D eigenvalue weighted by Crippen LogP contribution is -2.05. The summed E-state index contributed by atoms with van der Waals surface area (Å²) in [5, 5.41) is 6.35. The van der Waals surface area contributed by atoms with E-state index in [4.69, 9.17) is 0 Å². The Balaban J connectivity index is 1.67. The standard InChI is InChI=1S/C16H11F5N4/c17-15(18)8-11(15)9-2-1-3-10(6-9)23-14-12-7-13(16(19,20)21)24-25(12)5-4-22-14/h1-7,11H,8H2,(H,22,23). The number of hydrogen-bond acceptors (Lipinski definition) is 3. The van der Waals surface area contributed by atoms with Crippen molar-refractivity contribution in [3.05, 3.63) is 54.0 Å². The fourth-order valence-electron chi connectivity index (χ4n) is 2.70. The van der Waals surface area contributed by atoms with Crippen LogP contribution in [0.15, 0.2) is 42.7 Å². The molecule has 9 heteroatoms. The molecule has 3 aromatic rings. The highest BCUT2D eigenvalue weighted by Crippen LogP contribution is 2.55. The summed E-state index contributed by atoms with van der Waals surface area (Å²) in [5.41, 5.74) is 0.0499. The Kier molecular flexibility index (Phi) is 3.25. The van der Waals surface area contributed by atoms with Crippen LogP contribution in [-0.4, -0.2) is 20.5 Å². The monoisotopic (exact) mass is 354 g/mol. The SMILES string of the molecule is FC(F)(F)c1cc2c(Nc3cccc(C4CC4(F)F)c3)nccn2n1. The largest absolute Gasteiger partial charge is 0.435 e. The minimum absolute atomic E-state index is 0.136. The number of halogens is 5. The third-order valence-corrected chi connectivity index (χ3v) is 4.06. The van der Waals surface area contributed by atoms with E-state index in [2.05, 4.69) is 15.4 Å². The van der Waals surface area contributed by atoms with E-state index in [1.807, 2.05) is 0 Å². The van der Waals surface area contributed by atoms with Gasteiger partial charge in [0.1, 0.15) is 5.52 Å². The molecule has 0 saturated heterocycles. The summed E-state index contributed by atoms with van der Waals surface area (Å²) in [7, 11) is 0. The zero-order valence-electron chi connectivity index (χ0n) is 12.6. The summed E-state index contributed by atoms with van der Waals surface area (Å²) < 4.78 is 65.9. The van der Waals surface area contributed by atoms with Crippen molar-refractivity contribution in [3.8, 4) is 0 Å². The van der Waals surface area contributed by atoms with Gasteiger partial charge in [-0.2, -0.15) is 18.3 Å². The van der Waals surface area contributed by atoms with Crippen molar-refractivity contribution in [2.24, 2.45) is 0 Å². The zero-order valence-corrected chi connectivity index (χ0v) is 12.6. The molecule has 2 aromatic heterocycles. The van der Waals surface area contributed by atoms with Gasteiger partial charge in [-0.3, -0.25) is 0 Å². The van der Waals surface area contributed by atoms with Gasteiger partial charge in [-0.1, -0.05) is 12.1 Å². The molecule has 1 aliphatic carbocycles. The van der Waals surface area contributed by atoms with Gasteiger partial charge >= 0.3 is 6.18 Å². The zero-order chi connectivity index (χ0) is 17.8. The fourth-order valence-corrected chi connectivity index (χ4v) is 2.70. The van der Waals surface area contributed by atoms with Crippen molar-refractivity contribution >= 4 is 17.0 Å². The Bertz CT molecular complexity index is 947. The van der Waals surface area contributed by atoms with Gasteiger partial charge in [0.15, 0.2) is 11.5 Å². The van der Waals surface area contributed by atoms with E-state index < -0.39 is 23.7 Å². The third kappa shape index (κ3) is 2.90. The number of benzene rings is 1. The summed E-state index contributed by atoms with van der Waals surface area (Å²) >= 11 is 0. The van der Waals surface area contributed by atoms with Gasteiger partial charge in [0, 0.05) is 30.6 Å². The van der Waals surface area contributed by atoms with Gasteiger partial charge in [0.2, 0.25) is 0 Å². The maximum Gasteiger partial charge on any atom is 0.435 e. The molecule has 25 heavy (non-hydrogen) atoms. The number of rotatable bonds is 3. The average Bonchev–Trinajstić information content (AvgIpc) is 2.96. The number of nitrogens with zero attached hydrogens (tertiary/aromatic N) is 3. The topological polar surface area (TPSA) is 42.2 Å². The van der Waals surface area contributed by atoms with Gasteiger partial charge in [-0.15, -0.1) is 0 Å². The van der Waals surface area contributed by atoms with Crippen LogP contribution in [0, 0.1) is 0 Å². The van der Waals surface area contributed by atoms with Crippen LogP contribution in [0.2, 0.25) is 0 Å². The molecule has 1 N–H and O–H groups in total. The summed E-state index contributed by atoms with van der Waals surface area (Å²) in [6.07, 6.45) is -2.15. The Morgan fingerprint density at radius 3 is 2.64 bits per heavy atom. The Morgan fingerprint density at radius 2 is 1.96 bits per heavy atom. The highest BCUT2D eigenvalue weighted by Gasteiger charge is 2.57. The molecule has 130 valence electrons. The van der Waals surface area contributed by atoms with Crippen molar-refractivity contribution in [1.82, 2.24) is 14.6 Å². The normalized spacial score (nSPS) is 19.2. The van der Waals surface area contributed by atoms with E-state index in [9.17, 15) is 22.0 Å². The summed E-state index contributed by atoms with van der Waals surface area (Å²) in [6.45, 7) is 0. The average molecular weight is 354 g/mol. The molecule has 1 aromatic carbocycles. The number of aromatic nitrogens is 3. The lowest BCUT2D eigenvalue weighted by molar-refractivity contribution is -0.141. The minimum atomic E-state index is -4.57. The van der Waals surface area contributed by atoms with Crippen LogP contribution in [-0.2, 0) is 6.18 Å². The number of hydrogen-bond donors (Lipinski definition) is 1. The fraction of sp³-hybridized carbons (Fsp3) is 0.250. The number of fused-ring (bicyclic) bond motifs is 1. The second kappa shape index (κ2) is 5.14. The number of alkyl halides is 5. The van der Waals surface area contributed by atoms with Crippen LogP contribution >= 0.6 is 0 Å². The van der Waals surface area contributed by atoms with Crippen LogP contribution in [0.1, 0.15) is 23.6 Å². The molecule has 1 fully saturated rings. The molecule has 0 aliphatic heterocycles. The van der Waals surface area contributed by atoms with Crippen LogP contribution in [0.25, 0.3) is 5.52 Å². The molecule has 4 rings (SSSR count). The van der Waals surface area contributed by atoms with Gasteiger partial charge in [-0.25, -0.2) is 18.3 Å². The predicted octanol–water partition coefficient (Wildman–Crippen LogP) is 4.61. The van der Waals surface area contributed by atoms with Crippen LogP contribution in [0.3, 0.4) is 0 Å². The number of nitrogens with one attached hydrogen (secondary N) is 1. The molecular weight excluding hydrogens is 343 g/mol. The molecule has 0 radical (unpaired) electrons. The summed E-state index contributed by atoms with van der Waals surface area (Å²) in [4.78, 5) is 4.03. The summed E-state index contributed by atoms with van der Waals surface area (Å²) in [5.74, 6) is -3.35. The molecule has 1 saturated carbocycles. The minimum Gasteiger partial charge on any atom is -0.338 e. The lowest BCUT2D eigenvalue weighted by atomic mass is 10.1. The number of anilines is 2. The van der Waals surface area contributed by atoms with Gasteiger partial charge in [0.25, 0.3) is 5.92 Å². The van der Waals surface area contributed by atoms with E-state index in [1.54, 1.807) is 24.3 Å². The first kappa shape index (κ1) is 15.8. The molecule has 1 atom stereocenters. The molecule has 0 bridgehead atoms. The predicted molar refractivity (Wildman–Crippen MR) is 80.0 cm³/mol. The first-order valence-electron chi connectivity index (χ1n) is 7.40. The Hall–Kier alpha value is -2.71. The molecular formula is C16H11F5N4. The van der Waals surface area contributed by atoms with E-state index in [-0.39, 0.29) is 17.8 Å². The van der Waals surface area contributed by atoms with Crippen LogP contribution in [0.5, 0.6) is 0 Å². The van der Waals surface area contributed by atoms with Gasteiger partial charge in [-0.05, 0) is 17.7 Å². The van der Waals surface area contributed by atoms with Crippen molar-refractivity contribution in [3.63, 3.8) is 0 Å². The first-order chi connectivity index (χ1) is 11.7. The quantitative estimate of drug-likeness (QED) is 0.698. The molecule has 2 heterocycles. The molecule has 0 amide bonds. The second-order valence-electron chi connectivity index (χ2n) is 5.90. The Labute approximate surface area is 138 Å². The molecule has 4 nitrogen and oxygen atoms in total. The molecule has 0 spiro atoms. The first-order valence-corrected chi connectivity index (χ1v) is 7.40. The van der Waals surface area contributed by atoms with Crippen molar-refractivity contribution in [2.75, 3.05) is 5.32 Å². The highest BCUT2D eigenvalue weighted by atomic mass is 19.4. The van der Waals surface area contributed by atoms with E-state index in [0.29, 0.717) is 11.3 Å². The third-order valence-electron chi connectivity index (χ3n) is 4.06. The van der Waals surface area contributed by atoms with Crippen molar-refractivity contribution in [2.45, 2.75) is 24.4 Å². The smallest absolute Gasteiger partial charge is 0.338 e. The van der Waals surface area contributed by atoms with Crippen LogP contribution in [0.4, 0.5) is 33.5 Å². The highest BCUT2D eigenvalue weighted by molar-refractivity contribution is 5.73. The maximum absolute atomic E-state index is 13.2. The second-order valence-corrected chi connectivity index (χ2v) is 5.90. The van der Waals surface area contributed by atoms with Gasteiger partial charge in [0.05, 0.1) is 5.92 Å². The van der Waals surface area contributed by atoms with Gasteiger partial charge < -0.3 is 5.32 Å². The Morgan fingerprint density at radius 1 is 1.20 bits per heavy atom. The van der Waals surface area contributed by atoms with Crippen LogP contribution < -0.4 is 5.32 Å². The van der Waals surface area contributed by atoms with E-state index in [1.165, 1.54) is 12.4 Å². The van der Waals surface area contributed by atoms with E-state index in [0.717, 1.165) is 10.6 Å². The maximum atomic E-state index is 13.2. The lowest BCUT2D eigenvalue weighted by Gasteiger charge is -2.08. The van der Waals surface area contributed by atoms with E-state index >= 15 is 0 Å². The summed E-state index contributed by atoms with van der Waals surface area (Å²) in [6, 6.07) is 7.29. The molecule has 1 unspecified atom stereocenters. The molecule has 1 aliphatic rings. The van der Waals surface area contributed by atoms with Crippen molar-refractivity contribution in [1.29, 1.82) is 0 Å².